The number of allylic oxidation sites excluding steroid dienone is 24. The first-order valence-electron chi connectivity index (χ1n) is 32.3. The molecular formula is C73H118O6. The van der Waals surface area contributed by atoms with Crippen LogP contribution in [0.15, 0.2) is 146 Å². The van der Waals surface area contributed by atoms with Crippen molar-refractivity contribution in [2.24, 2.45) is 0 Å². The first-order chi connectivity index (χ1) is 39.0. The van der Waals surface area contributed by atoms with Crippen LogP contribution in [0.5, 0.6) is 0 Å². The minimum Gasteiger partial charge on any atom is -0.462 e. The van der Waals surface area contributed by atoms with Gasteiger partial charge in [-0.15, -0.1) is 0 Å². The summed E-state index contributed by atoms with van der Waals surface area (Å²) in [6.07, 6.45) is 94.5. The molecule has 0 amide bonds. The van der Waals surface area contributed by atoms with E-state index < -0.39 is 6.10 Å². The molecule has 1 unspecified atom stereocenters. The Bertz CT molecular complexity index is 1730. The summed E-state index contributed by atoms with van der Waals surface area (Å²) in [4.78, 5) is 38.1. The molecule has 6 heteroatoms. The molecule has 1 atom stereocenters. The second kappa shape index (κ2) is 65.8. The highest BCUT2D eigenvalue weighted by Gasteiger charge is 2.19. The number of unbranched alkanes of at least 4 members (excludes halogenated alkanes) is 22. The highest BCUT2D eigenvalue weighted by Crippen LogP contribution is 2.15. The number of hydrogen-bond acceptors (Lipinski definition) is 6. The molecule has 0 rings (SSSR count). The average Bonchev–Trinajstić information content (AvgIpc) is 3.45. The van der Waals surface area contributed by atoms with Gasteiger partial charge in [-0.05, 0) is 122 Å². The Hall–Kier alpha value is -4.71. The van der Waals surface area contributed by atoms with Gasteiger partial charge in [0.1, 0.15) is 13.2 Å². The number of rotatable bonds is 57. The summed E-state index contributed by atoms with van der Waals surface area (Å²) in [6, 6.07) is 0. The van der Waals surface area contributed by atoms with E-state index in [9.17, 15) is 14.4 Å². The van der Waals surface area contributed by atoms with E-state index in [0.717, 1.165) is 148 Å². The minimum absolute atomic E-state index is 0.0876. The third-order valence-electron chi connectivity index (χ3n) is 13.3. The Balaban J connectivity index is 4.21. The topological polar surface area (TPSA) is 78.9 Å². The second-order valence-electron chi connectivity index (χ2n) is 20.9. The van der Waals surface area contributed by atoms with E-state index >= 15 is 0 Å². The molecule has 0 spiro atoms. The van der Waals surface area contributed by atoms with Crippen molar-refractivity contribution in [3.05, 3.63) is 146 Å². The molecule has 0 N–H and O–H groups in total. The van der Waals surface area contributed by atoms with Crippen LogP contribution >= 0.6 is 0 Å². The Morgan fingerprint density at radius 1 is 0.266 bits per heavy atom. The van der Waals surface area contributed by atoms with Crippen molar-refractivity contribution in [1.82, 2.24) is 0 Å². The highest BCUT2D eigenvalue weighted by atomic mass is 16.6. The molecule has 0 fully saturated rings. The Morgan fingerprint density at radius 3 is 0.772 bits per heavy atom. The van der Waals surface area contributed by atoms with Gasteiger partial charge in [0.05, 0.1) is 0 Å². The maximum absolute atomic E-state index is 12.9. The van der Waals surface area contributed by atoms with Crippen LogP contribution in [-0.4, -0.2) is 37.2 Å². The number of esters is 3. The van der Waals surface area contributed by atoms with Crippen molar-refractivity contribution in [1.29, 1.82) is 0 Å². The lowest BCUT2D eigenvalue weighted by atomic mass is 10.0. The lowest BCUT2D eigenvalue weighted by Crippen LogP contribution is -2.30. The SMILES string of the molecule is CC/C=C\C/C=C\C/C=C\C/C=C\C/C=C\C/C=C\C/C=C\C/C=C\CCCCCCCCC(=O)OCC(COC(=O)CCCCCCCCC)OC(=O)CCCCCCCCCCCC/C=C\C/C=C\C/C=C\C/C=C\CC. The van der Waals surface area contributed by atoms with Crippen LogP contribution in [-0.2, 0) is 28.6 Å². The molecule has 0 aliphatic carbocycles. The Labute approximate surface area is 487 Å². The van der Waals surface area contributed by atoms with Gasteiger partial charge in [0.25, 0.3) is 0 Å². The van der Waals surface area contributed by atoms with Crippen LogP contribution in [0.1, 0.15) is 278 Å². The van der Waals surface area contributed by atoms with Gasteiger partial charge in [0.15, 0.2) is 6.10 Å². The lowest BCUT2D eigenvalue weighted by molar-refractivity contribution is -0.167. The van der Waals surface area contributed by atoms with Crippen LogP contribution in [0.3, 0.4) is 0 Å². The maximum Gasteiger partial charge on any atom is 0.306 e. The number of ether oxygens (including phenoxy) is 3. The van der Waals surface area contributed by atoms with Crippen molar-refractivity contribution in [3.63, 3.8) is 0 Å². The molecule has 446 valence electrons. The summed E-state index contributed by atoms with van der Waals surface area (Å²) in [5.41, 5.74) is 0. The summed E-state index contributed by atoms with van der Waals surface area (Å²) in [6.45, 7) is 6.36. The van der Waals surface area contributed by atoms with Crippen LogP contribution in [0, 0.1) is 0 Å². The average molecular weight is 1090 g/mol. The summed E-state index contributed by atoms with van der Waals surface area (Å²) in [5.74, 6) is -0.914. The van der Waals surface area contributed by atoms with Crippen molar-refractivity contribution >= 4 is 17.9 Å². The van der Waals surface area contributed by atoms with Crippen molar-refractivity contribution in [2.45, 2.75) is 284 Å². The van der Waals surface area contributed by atoms with Crippen molar-refractivity contribution in [3.8, 4) is 0 Å². The van der Waals surface area contributed by atoms with E-state index in [1.54, 1.807) is 0 Å². The van der Waals surface area contributed by atoms with E-state index in [-0.39, 0.29) is 31.1 Å². The molecule has 0 radical (unpaired) electrons. The fourth-order valence-corrected chi connectivity index (χ4v) is 8.57. The molecule has 0 saturated heterocycles. The molecule has 79 heavy (non-hydrogen) atoms. The summed E-state index contributed by atoms with van der Waals surface area (Å²) in [7, 11) is 0. The van der Waals surface area contributed by atoms with E-state index in [0.29, 0.717) is 19.3 Å². The summed E-state index contributed by atoms with van der Waals surface area (Å²) < 4.78 is 16.8. The fourth-order valence-electron chi connectivity index (χ4n) is 8.57. The zero-order chi connectivity index (χ0) is 57.1. The zero-order valence-corrected chi connectivity index (χ0v) is 51.1. The van der Waals surface area contributed by atoms with E-state index in [2.05, 4.69) is 167 Å². The number of hydrogen-bond donors (Lipinski definition) is 0. The van der Waals surface area contributed by atoms with Gasteiger partial charge in [-0.2, -0.15) is 0 Å². The molecule has 0 heterocycles. The third kappa shape index (κ3) is 64.0. The quantitative estimate of drug-likeness (QED) is 0.0261. The number of carbonyl (C=O) groups is 3. The predicted octanol–water partition coefficient (Wildman–Crippen LogP) is 22.3. The largest absolute Gasteiger partial charge is 0.462 e. The van der Waals surface area contributed by atoms with Gasteiger partial charge in [-0.3, -0.25) is 14.4 Å². The molecule has 0 aromatic rings. The molecule has 0 aliphatic heterocycles. The van der Waals surface area contributed by atoms with Gasteiger partial charge >= 0.3 is 17.9 Å². The monoisotopic (exact) mass is 1090 g/mol. The predicted molar refractivity (Wildman–Crippen MR) is 343 cm³/mol. The summed E-state index contributed by atoms with van der Waals surface area (Å²) in [5, 5.41) is 0. The minimum atomic E-state index is -0.790. The second-order valence-corrected chi connectivity index (χ2v) is 20.9. The van der Waals surface area contributed by atoms with E-state index in [4.69, 9.17) is 14.2 Å². The molecule has 6 nitrogen and oxygen atoms in total. The van der Waals surface area contributed by atoms with Gasteiger partial charge in [0, 0.05) is 19.3 Å². The van der Waals surface area contributed by atoms with E-state index in [1.807, 2.05) is 0 Å². The van der Waals surface area contributed by atoms with Gasteiger partial charge in [0.2, 0.25) is 0 Å². The van der Waals surface area contributed by atoms with Crippen LogP contribution in [0.25, 0.3) is 0 Å². The standard InChI is InChI=1S/C73H118O6/c1-4-7-10-13-16-18-20-22-24-26-28-30-32-33-34-35-36-37-38-39-41-42-44-46-48-50-52-54-57-60-63-66-72(75)78-69-70(68-77-71(74)65-62-59-56-15-12-9-6-3)79-73(76)67-64-61-58-55-53-51-49-47-45-43-40-31-29-27-25-23-21-19-17-14-11-8-5-2/h7-8,10-11,16-19,22-25,28-31,33-34,36-37,39,41,44,46,70H,4-6,9,12-15,20-21,26-27,32,35,38,40,42-43,45,47-69H2,1-3H3/b10-7-,11-8-,18-16-,19-17-,24-22-,25-23-,30-28-,31-29-,34-33-,37-36-,41-39-,46-44-. The molecule has 0 aromatic heterocycles. The Morgan fingerprint density at radius 2 is 0.494 bits per heavy atom. The van der Waals surface area contributed by atoms with Gasteiger partial charge in [-0.1, -0.05) is 282 Å². The normalized spacial score (nSPS) is 13.1. The molecule has 0 aliphatic rings. The van der Waals surface area contributed by atoms with Crippen LogP contribution < -0.4 is 0 Å². The number of carbonyl (C=O) groups excluding carboxylic acids is 3. The molecule has 0 bridgehead atoms. The molecular weight excluding hydrogens is 973 g/mol. The zero-order valence-electron chi connectivity index (χ0n) is 51.1. The van der Waals surface area contributed by atoms with Crippen molar-refractivity contribution < 1.29 is 28.6 Å². The third-order valence-corrected chi connectivity index (χ3v) is 13.3. The van der Waals surface area contributed by atoms with Crippen molar-refractivity contribution in [2.75, 3.05) is 13.2 Å². The van der Waals surface area contributed by atoms with E-state index in [1.165, 1.54) is 89.9 Å². The fraction of sp³-hybridized carbons (Fsp3) is 0.630. The first-order valence-corrected chi connectivity index (χ1v) is 32.3. The summed E-state index contributed by atoms with van der Waals surface area (Å²) >= 11 is 0. The highest BCUT2D eigenvalue weighted by molar-refractivity contribution is 5.71. The molecule has 0 aromatic carbocycles. The molecule has 0 saturated carbocycles. The first kappa shape index (κ1) is 74.3. The smallest absolute Gasteiger partial charge is 0.306 e. The van der Waals surface area contributed by atoms with Crippen LogP contribution in [0.4, 0.5) is 0 Å². The maximum atomic E-state index is 12.9. The van der Waals surface area contributed by atoms with Gasteiger partial charge in [-0.25, -0.2) is 0 Å². The van der Waals surface area contributed by atoms with Gasteiger partial charge < -0.3 is 14.2 Å². The lowest BCUT2D eigenvalue weighted by Gasteiger charge is -2.18. The van der Waals surface area contributed by atoms with Crippen LogP contribution in [0.2, 0.25) is 0 Å². The Kier molecular flexibility index (Phi) is 61.9.